The van der Waals surface area contributed by atoms with Crippen LogP contribution in [0.4, 0.5) is 8.78 Å². The van der Waals surface area contributed by atoms with Crippen molar-refractivity contribution in [1.29, 1.82) is 0 Å². The Morgan fingerprint density at radius 2 is 1.85 bits per heavy atom. The molecule has 0 radical (unpaired) electrons. The van der Waals surface area contributed by atoms with Gasteiger partial charge in [0, 0.05) is 30.2 Å². The number of benzene rings is 2. The summed E-state index contributed by atoms with van der Waals surface area (Å²) in [7, 11) is 1.61. The van der Waals surface area contributed by atoms with Crippen molar-refractivity contribution in [1.82, 2.24) is 10.1 Å². The lowest BCUT2D eigenvalue weighted by Crippen LogP contribution is -2.26. The number of hydrogen-bond donors (Lipinski definition) is 0. The van der Waals surface area contributed by atoms with Gasteiger partial charge in [0.2, 0.25) is 0 Å². The highest BCUT2D eigenvalue weighted by Crippen LogP contribution is 2.23. The molecule has 0 fully saturated rings. The molecule has 3 rings (SSSR count). The fourth-order valence-electron chi connectivity index (χ4n) is 2.44. The molecule has 140 valence electrons. The summed E-state index contributed by atoms with van der Waals surface area (Å²) < 4.78 is 33.9. The molecule has 27 heavy (non-hydrogen) atoms. The van der Waals surface area contributed by atoms with Crippen LogP contribution in [-0.2, 0) is 6.54 Å². The van der Waals surface area contributed by atoms with Crippen LogP contribution in [0.3, 0.4) is 0 Å². The van der Waals surface area contributed by atoms with E-state index in [-0.39, 0.29) is 23.9 Å². The first kappa shape index (κ1) is 18.8. The molecule has 5 nitrogen and oxygen atoms in total. The summed E-state index contributed by atoms with van der Waals surface area (Å²) in [5.41, 5.74) is 1.68. The van der Waals surface area contributed by atoms with Gasteiger partial charge in [0.25, 0.3) is 5.91 Å². The molecule has 0 saturated carbocycles. The van der Waals surface area contributed by atoms with Gasteiger partial charge in [-0.3, -0.25) is 4.79 Å². The third-order valence-electron chi connectivity index (χ3n) is 3.77. The van der Waals surface area contributed by atoms with E-state index in [1.165, 1.54) is 17.0 Å². The average molecular weight is 393 g/mol. The van der Waals surface area contributed by atoms with Crippen molar-refractivity contribution in [2.24, 2.45) is 0 Å². The Hall–Kier alpha value is -2.93. The van der Waals surface area contributed by atoms with E-state index in [2.05, 4.69) is 9.89 Å². The molecule has 0 spiro atoms. The average Bonchev–Trinajstić information content (AvgIpc) is 3.13. The van der Waals surface area contributed by atoms with Gasteiger partial charge in [0.1, 0.15) is 5.75 Å². The zero-order chi connectivity index (χ0) is 19.4. The molecule has 1 heterocycles. The minimum atomic E-state index is -2.87. The van der Waals surface area contributed by atoms with Gasteiger partial charge >= 0.3 is 6.61 Å². The molecule has 2 aromatic carbocycles. The minimum absolute atomic E-state index is 0.0619. The van der Waals surface area contributed by atoms with Gasteiger partial charge in [-0.05, 0) is 42.0 Å². The zero-order valence-corrected chi connectivity index (χ0v) is 15.0. The first-order chi connectivity index (χ1) is 12.9. The van der Waals surface area contributed by atoms with Crippen molar-refractivity contribution in [3.63, 3.8) is 0 Å². The Labute approximate surface area is 159 Å². The number of carbonyl (C=O) groups excluding carboxylic acids is 1. The lowest BCUT2D eigenvalue weighted by atomic mass is 10.1. The highest BCUT2D eigenvalue weighted by molar-refractivity contribution is 6.30. The Morgan fingerprint density at radius 1 is 1.19 bits per heavy atom. The van der Waals surface area contributed by atoms with Crippen LogP contribution in [0, 0.1) is 0 Å². The van der Waals surface area contributed by atoms with Crippen molar-refractivity contribution < 1.29 is 22.8 Å². The molecule has 0 atom stereocenters. The molecule has 1 amide bonds. The van der Waals surface area contributed by atoms with Crippen molar-refractivity contribution in [3.05, 3.63) is 70.9 Å². The van der Waals surface area contributed by atoms with E-state index in [0.717, 1.165) is 11.1 Å². The number of rotatable bonds is 6. The van der Waals surface area contributed by atoms with Crippen molar-refractivity contribution in [2.75, 3.05) is 7.05 Å². The van der Waals surface area contributed by atoms with Crippen LogP contribution in [0.25, 0.3) is 11.3 Å². The fourth-order valence-corrected chi connectivity index (χ4v) is 2.57. The Balaban J connectivity index is 1.66. The third-order valence-corrected chi connectivity index (χ3v) is 4.02. The van der Waals surface area contributed by atoms with E-state index in [0.29, 0.717) is 10.8 Å². The summed E-state index contributed by atoms with van der Waals surface area (Å²) in [5, 5.41) is 4.42. The van der Waals surface area contributed by atoms with Crippen LogP contribution < -0.4 is 4.74 Å². The van der Waals surface area contributed by atoms with E-state index in [1.54, 1.807) is 49.5 Å². The lowest BCUT2D eigenvalue weighted by Gasteiger charge is -2.16. The molecule has 1 aromatic heterocycles. The zero-order valence-electron chi connectivity index (χ0n) is 14.2. The van der Waals surface area contributed by atoms with Crippen LogP contribution in [0.15, 0.2) is 59.1 Å². The number of halogens is 3. The number of carbonyl (C=O) groups is 1. The van der Waals surface area contributed by atoms with Gasteiger partial charge in [-0.15, -0.1) is 0 Å². The number of hydrogen-bond acceptors (Lipinski definition) is 4. The predicted octanol–water partition coefficient (Wildman–Crippen LogP) is 4.87. The van der Waals surface area contributed by atoms with E-state index >= 15 is 0 Å². The summed E-state index contributed by atoms with van der Waals surface area (Å²) >= 11 is 5.86. The first-order valence-electron chi connectivity index (χ1n) is 7.94. The van der Waals surface area contributed by atoms with Crippen LogP contribution in [0.5, 0.6) is 5.75 Å². The second kappa shape index (κ2) is 8.18. The van der Waals surface area contributed by atoms with E-state index in [9.17, 15) is 13.6 Å². The van der Waals surface area contributed by atoms with E-state index in [1.807, 2.05) is 0 Å². The minimum Gasteiger partial charge on any atom is -0.435 e. The van der Waals surface area contributed by atoms with Crippen molar-refractivity contribution in [2.45, 2.75) is 13.2 Å². The highest BCUT2D eigenvalue weighted by atomic mass is 35.5. The second-order valence-electron chi connectivity index (χ2n) is 5.77. The number of amides is 1. The van der Waals surface area contributed by atoms with E-state index in [4.69, 9.17) is 16.1 Å². The van der Waals surface area contributed by atoms with E-state index < -0.39 is 6.61 Å². The lowest BCUT2D eigenvalue weighted by molar-refractivity contribution is -0.0498. The molecule has 3 aromatic rings. The van der Waals surface area contributed by atoms with Gasteiger partial charge < -0.3 is 14.2 Å². The normalized spacial score (nSPS) is 10.9. The highest BCUT2D eigenvalue weighted by Gasteiger charge is 2.18. The standard InChI is InChI=1S/C19H15ClF2N2O3/c1-24(11-12-2-8-15(9-3-12)26-19(21)22)18(25)16-10-17(27-23-16)13-4-6-14(20)7-5-13/h2-10,19H,11H2,1H3. The smallest absolute Gasteiger partial charge is 0.387 e. The summed E-state index contributed by atoms with van der Waals surface area (Å²) in [6.45, 7) is -2.60. The Morgan fingerprint density at radius 3 is 2.48 bits per heavy atom. The third kappa shape index (κ3) is 4.83. The fraction of sp³-hybridized carbons (Fsp3) is 0.158. The quantitative estimate of drug-likeness (QED) is 0.600. The maximum Gasteiger partial charge on any atom is 0.387 e. The largest absolute Gasteiger partial charge is 0.435 e. The van der Waals surface area contributed by atoms with Gasteiger partial charge in [-0.2, -0.15) is 8.78 Å². The molecular formula is C19H15ClF2N2O3. The van der Waals surface area contributed by atoms with Crippen molar-refractivity contribution >= 4 is 17.5 Å². The van der Waals surface area contributed by atoms with Gasteiger partial charge in [-0.1, -0.05) is 28.9 Å². The van der Waals surface area contributed by atoms with Gasteiger partial charge in [-0.25, -0.2) is 0 Å². The molecule has 0 unspecified atom stereocenters. The van der Waals surface area contributed by atoms with Crippen molar-refractivity contribution in [3.8, 4) is 17.1 Å². The summed E-state index contributed by atoms with van der Waals surface area (Å²) in [6, 6.07) is 14.6. The van der Waals surface area contributed by atoms with Gasteiger partial charge in [0.05, 0.1) is 0 Å². The Bertz CT molecular complexity index is 911. The van der Waals surface area contributed by atoms with Crippen LogP contribution in [0.1, 0.15) is 16.1 Å². The van der Waals surface area contributed by atoms with Crippen LogP contribution in [-0.4, -0.2) is 29.6 Å². The molecule has 8 heteroatoms. The molecule has 0 bridgehead atoms. The molecule has 0 aliphatic heterocycles. The molecule has 0 aliphatic rings. The second-order valence-corrected chi connectivity index (χ2v) is 6.20. The number of aromatic nitrogens is 1. The number of ether oxygens (including phenoxy) is 1. The predicted molar refractivity (Wildman–Crippen MR) is 95.8 cm³/mol. The first-order valence-corrected chi connectivity index (χ1v) is 8.32. The SMILES string of the molecule is CN(Cc1ccc(OC(F)F)cc1)C(=O)c1cc(-c2ccc(Cl)cc2)on1. The topological polar surface area (TPSA) is 55.6 Å². The molecular weight excluding hydrogens is 378 g/mol. The van der Waals surface area contributed by atoms with Crippen LogP contribution in [0.2, 0.25) is 5.02 Å². The summed E-state index contributed by atoms with van der Waals surface area (Å²) in [5.74, 6) is 0.190. The molecule has 0 saturated heterocycles. The maximum atomic E-state index is 12.5. The molecule has 0 N–H and O–H groups in total. The summed E-state index contributed by atoms with van der Waals surface area (Å²) in [6.07, 6.45) is 0. The number of alkyl halides is 2. The molecule has 0 aliphatic carbocycles. The van der Waals surface area contributed by atoms with Gasteiger partial charge in [0.15, 0.2) is 11.5 Å². The maximum absolute atomic E-state index is 12.5. The van der Waals surface area contributed by atoms with Crippen LogP contribution >= 0.6 is 11.6 Å². The monoisotopic (exact) mass is 392 g/mol. The summed E-state index contributed by atoms with van der Waals surface area (Å²) in [4.78, 5) is 14.0. The Kier molecular flexibility index (Phi) is 5.71. The number of nitrogens with zero attached hydrogens (tertiary/aromatic N) is 2.